The Labute approximate surface area is 172 Å². The minimum absolute atomic E-state index is 0.241. The van der Waals surface area contributed by atoms with Gasteiger partial charge in [-0.3, -0.25) is 9.12 Å². The van der Waals surface area contributed by atoms with Gasteiger partial charge in [0.15, 0.2) is 4.96 Å². The van der Waals surface area contributed by atoms with Crippen molar-refractivity contribution >= 4 is 42.8 Å². The summed E-state index contributed by atoms with van der Waals surface area (Å²) in [7, 11) is -3.67. The Morgan fingerprint density at radius 3 is 2.48 bits per heavy atom. The molecule has 0 radical (unpaired) electrons. The minimum Gasteiger partial charge on any atom is -0.294 e. The third kappa shape index (κ3) is 3.28. The highest BCUT2D eigenvalue weighted by Gasteiger charge is 2.15. The number of nitrogens with zero attached hydrogens (tertiary/aromatic N) is 2. The van der Waals surface area contributed by atoms with E-state index >= 15 is 0 Å². The summed E-state index contributed by atoms with van der Waals surface area (Å²) in [5.74, 6) is 0. The van der Waals surface area contributed by atoms with Crippen molar-refractivity contribution in [2.75, 3.05) is 4.72 Å². The van der Waals surface area contributed by atoms with Gasteiger partial charge in [-0.25, -0.2) is 13.4 Å². The van der Waals surface area contributed by atoms with Gasteiger partial charge in [0.05, 0.1) is 10.6 Å². The topological polar surface area (TPSA) is 63.5 Å². The fourth-order valence-corrected chi connectivity index (χ4v) is 5.24. The number of sulfonamides is 1. The number of imidazole rings is 1. The minimum atomic E-state index is -3.67. The zero-order valence-corrected chi connectivity index (χ0v) is 17.2. The predicted octanol–water partition coefficient (Wildman–Crippen LogP) is 5.33. The van der Waals surface area contributed by atoms with Crippen molar-refractivity contribution in [1.82, 2.24) is 9.38 Å². The summed E-state index contributed by atoms with van der Waals surface area (Å²) < 4.78 is 30.3. The van der Waals surface area contributed by atoms with Gasteiger partial charge in [0.2, 0.25) is 0 Å². The normalized spacial score (nSPS) is 11.9. The Morgan fingerprint density at radius 2 is 1.72 bits per heavy atom. The van der Waals surface area contributed by atoms with E-state index in [-0.39, 0.29) is 4.90 Å². The van der Waals surface area contributed by atoms with E-state index < -0.39 is 10.0 Å². The molecule has 1 N–H and O–H groups in total. The van der Waals surface area contributed by atoms with Crippen LogP contribution in [0.25, 0.3) is 27.0 Å². The van der Waals surface area contributed by atoms with E-state index in [1.807, 2.05) is 55.6 Å². The summed E-state index contributed by atoms with van der Waals surface area (Å²) in [5.41, 5.74) is 3.46. The maximum Gasteiger partial charge on any atom is 0.261 e. The highest BCUT2D eigenvalue weighted by Crippen LogP contribution is 2.26. The first kappa shape index (κ1) is 17.9. The van der Waals surface area contributed by atoms with Crippen LogP contribution in [0, 0.1) is 6.92 Å². The first-order chi connectivity index (χ1) is 14.0. The summed E-state index contributed by atoms with van der Waals surface area (Å²) in [6.45, 7) is 2.04. The highest BCUT2D eigenvalue weighted by molar-refractivity contribution is 7.92. The van der Waals surface area contributed by atoms with Gasteiger partial charge >= 0.3 is 0 Å². The molecular formula is C22H17N3O2S2. The van der Waals surface area contributed by atoms with Crippen molar-refractivity contribution in [3.63, 3.8) is 0 Å². The molecule has 7 heteroatoms. The number of nitrogens with one attached hydrogen (secondary N) is 1. The summed E-state index contributed by atoms with van der Waals surface area (Å²) in [6, 6.07) is 20.1. The number of hydrogen-bond donors (Lipinski definition) is 1. The largest absolute Gasteiger partial charge is 0.294 e. The second-order valence-electron chi connectivity index (χ2n) is 6.85. The van der Waals surface area contributed by atoms with Crippen molar-refractivity contribution in [2.45, 2.75) is 11.8 Å². The lowest BCUT2D eigenvalue weighted by molar-refractivity contribution is 0.601. The van der Waals surface area contributed by atoms with Crippen molar-refractivity contribution in [1.29, 1.82) is 0 Å². The summed E-state index contributed by atoms with van der Waals surface area (Å²) in [4.78, 5) is 5.81. The number of aromatic nitrogens is 2. The van der Waals surface area contributed by atoms with Crippen LogP contribution < -0.4 is 4.72 Å². The number of thiazole rings is 1. The van der Waals surface area contributed by atoms with Gasteiger partial charge in [-0.1, -0.05) is 42.5 Å². The Kier molecular flexibility index (Phi) is 4.15. The molecule has 0 spiro atoms. The van der Waals surface area contributed by atoms with Crippen LogP contribution >= 0.6 is 11.3 Å². The molecule has 0 atom stereocenters. The number of aryl methyl sites for hydroxylation is 1. The number of rotatable bonds is 4. The van der Waals surface area contributed by atoms with Gasteiger partial charge in [-0.15, -0.1) is 11.3 Å². The fourth-order valence-electron chi connectivity index (χ4n) is 3.29. The Balaban J connectivity index is 1.41. The maximum atomic E-state index is 12.8. The van der Waals surface area contributed by atoms with Gasteiger partial charge in [0.1, 0.15) is 0 Å². The van der Waals surface area contributed by atoms with Crippen LogP contribution in [0.15, 0.2) is 83.2 Å². The number of fused-ring (bicyclic) bond motifs is 2. The Morgan fingerprint density at radius 1 is 0.966 bits per heavy atom. The molecule has 0 amide bonds. The maximum absolute atomic E-state index is 12.8. The number of benzene rings is 3. The molecule has 0 unspecified atom stereocenters. The van der Waals surface area contributed by atoms with Crippen LogP contribution in [-0.4, -0.2) is 17.8 Å². The molecule has 2 aromatic heterocycles. The van der Waals surface area contributed by atoms with Gasteiger partial charge in [-0.2, -0.15) is 0 Å². The van der Waals surface area contributed by atoms with E-state index in [1.54, 1.807) is 35.6 Å². The quantitative estimate of drug-likeness (QED) is 0.428. The van der Waals surface area contributed by atoms with Crippen LogP contribution in [0.3, 0.4) is 0 Å². The first-order valence-electron chi connectivity index (χ1n) is 9.05. The van der Waals surface area contributed by atoms with E-state index in [2.05, 4.69) is 19.5 Å². The van der Waals surface area contributed by atoms with Crippen molar-refractivity contribution < 1.29 is 8.42 Å². The monoisotopic (exact) mass is 419 g/mol. The molecule has 0 bridgehead atoms. The molecule has 2 heterocycles. The van der Waals surface area contributed by atoms with E-state index in [9.17, 15) is 8.42 Å². The molecule has 0 saturated carbocycles. The molecule has 0 saturated heterocycles. The van der Waals surface area contributed by atoms with Crippen molar-refractivity contribution in [3.8, 4) is 11.3 Å². The zero-order valence-electron chi connectivity index (χ0n) is 15.5. The summed E-state index contributed by atoms with van der Waals surface area (Å²) in [5, 5.41) is 3.96. The lowest BCUT2D eigenvalue weighted by atomic mass is 10.1. The van der Waals surface area contributed by atoms with E-state index in [4.69, 9.17) is 0 Å². The second-order valence-corrected chi connectivity index (χ2v) is 9.37. The molecule has 3 aromatic carbocycles. The van der Waals surface area contributed by atoms with E-state index in [0.717, 1.165) is 32.7 Å². The number of hydrogen-bond acceptors (Lipinski definition) is 4. The standard InChI is InChI=1S/C22H17N3O2S2/c1-15-14-28-22-23-21(13-25(15)22)17-6-9-19(10-7-17)24-29(26,27)20-11-8-16-4-2-3-5-18(16)12-20/h2-14,24H,1H3. The van der Waals surface area contributed by atoms with Gasteiger partial charge in [0, 0.05) is 28.5 Å². The highest BCUT2D eigenvalue weighted by atomic mass is 32.2. The zero-order chi connectivity index (χ0) is 20.0. The van der Waals surface area contributed by atoms with E-state index in [1.165, 1.54) is 0 Å². The summed E-state index contributed by atoms with van der Waals surface area (Å²) >= 11 is 1.60. The Bertz CT molecular complexity index is 1450. The van der Waals surface area contributed by atoms with Gasteiger partial charge < -0.3 is 0 Å². The lowest BCUT2D eigenvalue weighted by Crippen LogP contribution is -2.12. The molecule has 29 heavy (non-hydrogen) atoms. The Hall–Kier alpha value is -3.16. The second kappa shape index (κ2) is 6.72. The van der Waals surface area contributed by atoms with Crippen molar-refractivity contribution in [3.05, 3.63) is 84.0 Å². The smallest absolute Gasteiger partial charge is 0.261 e. The number of anilines is 1. The van der Waals surface area contributed by atoms with Crippen LogP contribution in [0.2, 0.25) is 0 Å². The predicted molar refractivity (Wildman–Crippen MR) is 118 cm³/mol. The molecule has 5 rings (SSSR count). The third-order valence-electron chi connectivity index (χ3n) is 4.85. The van der Waals surface area contributed by atoms with Crippen LogP contribution in [0.5, 0.6) is 0 Å². The van der Waals surface area contributed by atoms with Gasteiger partial charge in [0.25, 0.3) is 10.0 Å². The molecule has 0 aliphatic heterocycles. The van der Waals surface area contributed by atoms with Gasteiger partial charge in [-0.05, 0) is 42.0 Å². The molecule has 5 nitrogen and oxygen atoms in total. The van der Waals surface area contributed by atoms with E-state index in [0.29, 0.717) is 5.69 Å². The van der Waals surface area contributed by atoms with Crippen LogP contribution in [-0.2, 0) is 10.0 Å². The SMILES string of the molecule is Cc1csc2nc(-c3ccc(NS(=O)(=O)c4ccc5ccccc5c4)cc3)cn12. The summed E-state index contributed by atoms with van der Waals surface area (Å²) in [6.07, 6.45) is 2.00. The molecule has 0 aliphatic rings. The molecule has 0 aliphatic carbocycles. The molecule has 0 fully saturated rings. The van der Waals surface area contributed by atoms with Crippen molar-refractivity contribution in [2.24, 2.45) is 0 Å². The van der Waals surface area contributed by atoms with Crippen LogP contribution in [0.4, 0.5) is 5.69 Å². The molecular weight excluding hydrogens is 402 g/mol. The lowest BCUT2D eigenvalue weighted by Gasteiger charge is -2.09. The third-order valence-corrected chi connectivity index (χ3v) is 7.19. The van der Waals surface area contributed by atoms with Crippen LogP contribution in [0.1, 0.15) is 5.69 Å². The molecule has 144 valence electrons. The fraction of sp³-hybridized carbons (Fsp3) is 0.0455. The average Bonchev–Trinajstić information content (AvgIpc) is 3.30. The molecule has 5 aromatic rings. The first-order valence-corrected chi connectivity index (χ1v) is 11.4. The average molecular weight is 420 g/mol.